The largest absolute Gasteiger partial charge is 0.472 e. The maximum absolute atomic E-state index is 13.1. The Morgan fingerprint density at radius 2 is 0.685 bits per heavy atom. The van der Waals surface area contributed by atoms with Crippen molar-refractivity contribution in [3.63, 3.8) is 0 Å². The van der Waals surface area contributed by atoms with E-state index in [0.29, 0.717) is 17.4 Å². The molecule has 0 bridgehead atoms. The van der Waals surface area contributed by atoms with Crippen molar-refractivity contribution in [3.8, 4) is 0 Å². The van der Waals surface area contributed by atoms with Gasteiger partial charge in [-0.2, -0.15) is 0 Å². The molecule has 9 heteroatoms. The third kappa shape index (κ3) is 71.7. The molecule has 8 nitrogen and oxygen atoms in total. The number of nitrogens with zero attached hydrogens (tertiary/aromatic N) is 1. The molecular formula is C80H140N2O6P+. The van der Waals surface area contributed by atoms with E-state index in [-0.39, 0.29) is 19.1 Å². The number of hydrogen-bond donors (Lipinski definition) is 3. The molecule has 0 fully saturated rings. The number of nitrogens with one attached hydrogen (secondary N) is 1. The van der Waals surface area contributed by atoms with Crippen molar-refractivity contribution in [2.45, 2.75) is 315 Å². The second-order valence-corrected chi connectivity index (χ2v) is 27.0. The van der Waals surface area contributed by atoms with E-state index in [1.165, 1.54) is 167 Å². The smallest absolute Gasteiger partial charge is 0.387 e. The van der Waals surface area contributed by atoms with Crippen molar-refractivity contribution in [1.82, 2.24) is 5.32 Å². The zero-order valence-electron chi connectivity index (χ0n) is 58.4. The van der Waals surface area contributed by atoms with Gasteiger partial charge in [-0.3, -0.25) is 13.8 Å². The Balaban J connectivity index is 4.20. The number of likely N-dealkylation sites (N-methyl/N-ethyl adjacent to an activating group) is 1. The van der Waals surface area contributed by atoms with Crippen molar-refractivity contribution in [1.29, 1.82) is 0 Å². The first kappa shape index (κ1) is 85.4. The van der Waals surface area contributed by atoms with Gasteiger partial charge in [0.05, 0.1) is 39.9 Å². The van der Waals surface area contributed by atoms with Gasteiger partial charge in [0.25, 0.3) is 0 Å². The first-order chi connectivity index (χ1) is 43.5. The van der Waals surface area contributed by atoms with Crippen LogP contribution in [-0.4, -0.2) is 73.4 Å². The summed E-state index contributed by atoms with van der Waals surface area (Å²) in [6.45, 7) is 4.68. The summed E-state index contributed by atoms with van der Waals surface area (Å²) in [5.74, 6) is -0.206. The van der Waals surface area contributed by atoms with E-state index in [2.05, 4.69) is 153 Å². The highest BCUT2D eigenvalue weighted by molar-refractivity contribution is 7.47. The molecule has 3 atom stereocenters. The first-order valence-electron chi connectivity index (χ1n) is 36.7. The number of unbranched alkanes of at least 4 members (excludes halogenated alkanes) is 31. The summed E-state index contributed by atoms with van der Waals surface area (Å²) in [7, 11) is 1.52. The standard InChI is InChI=1S/C80H139N2O6P/c1-6-8-10-12-14-16-18-20-22-24-26-28-30-32-34-36-38-40-41-42-44-46-48-50-52-54-56-58-60-62-64-66-68-70-72-74-80(84)81-78(77-88-89(85,86)87-76-75-82(3,4)5)79(83)73-71-69-67-65-63-61-59-57-55-53-51-49-47-45-43-39-37-35-33-31-29-27-25-23-21-19-17-15-13-11-9-7-2/h8,10,14,16,20,22,26,28,32,34,38,40,42,44,48,50,54-57,63,65,71,73,78-79,83H,6-7,9,11-13,15,17-19,21,23-25,27,29-31,33,35-37,39,41,43,45-47,49,51-53,58-62,64,66-70,72,74-77H2,1-5H3,(H-,81,84,85,86)/p+1/b10-8-,16-14-,22-20-,28-26-,34-32-,40-38-,44-42-,50-48-,56-54-,57-55+,65-63+,73-71+. The van der Waals surface area contributed by atoms with Crippen LogP contribution < -0.4 is 5.32 Å². The average molecular weight is 1260 g/mol. The van der Waals surface area contributed by atoms with Gasteiger partial charge >= 0.3 is 7.82 Å². The molecule has 510 valence electrons. The fraction of sp³-hybridized carbons (Fsp3) is 0.688. The quantitative estimate of drug-likeness (QED) is 0.0243. The summed E-state index contributed by atoms with van der Waals surface area (Å²) in [4.78, 5) is 23.4. The summed E-state index contributed by atoms with van der Waals surface area (Å²) < 4.78 is 23.8. The highest BCUT2D eigenvalue weighted by Crippen LogP contribution is 2.43. The fourth-order valence-electron chi connectivity index (χ4n) is 10.1. The molecule has 0 saturated carbocycles. The second kappa shape index (κ2) is 68.7. The molecule has 1 amide bonds. The van der Waals surface area contributed by atoms with E-state index in [9.17, 15) is 19.4 Å². The SMILES string of the molecule is CC/C=C\C/C=C\C/C=C\C/C=C\C/C=C\C/C=C\C/C=C\C/C=C\C/C=C\CCCCCCCCCC(=O)NC(COP(=O)(O)OCC[N+](C)(C)C)C(O)/C=C/CC/C=C/CC/C=C/CCCCCCCCCCCCCCCCCCCCCCCC. The molecule has 0 heterocycles. The van der Waals surface area contributed by atoms with Crippen LogP contribution >= 0.6 is 7.82 Å². The molecule has 3 N–H and O–H groups in total. The third-order valence-electron chi connectivity index (χ3n) is 15.8. The number of phosphoric acid groups is 1. The lowest BCUT2D eigenvalue weighted by molar-refractivity contribution is -0.870. The average Bonchev–Trinajstić information content (AvgIpc) is 3.64. The zero-order chi connectivity index (χ0) is 64.8. The van der Waals surface area contributed by atoms with E-state index < -0.39 is 20.0 Å². The molecule has 0 aliphatic carbocycles. The van der Waals surface area contributed by atoms with Crippen molar-refractivity contribution >= 4 is 13.7 Å². The molecular weight excluding hydrogens is 1120 g/mol. The lowest BCUT2D eigenvalue weighted by Gasteiger charge is -2.25. The number of phosphoric ester groups is 1. The van der Waals surface area contributed by atoms with Crippen LogP contribution in [0.15, 0.2) is 146 Å². The Hall–Kier alpha value is -3.62. The van der Waals surface area contributed by atoms with Gasteiger partial charge in [-0.05, 0) is 116 Å². The van der Waals surface area contributed by atoms with Crippen LogP contribution in [0.25, 0.3) is 0 Å². The maximum atomic E-state index is 13.1. The van der Waals surface area contributed by atoms with E-state index in [0.717, 1.165) is 116 Å². The Kier molecular flexibility index (Phi) is 65.9. The van der Waals surface area contributed by atoms with Crippen molar-refractivity contribution in [2.24, 2.45) is 0 Å². The van der Waals surface area contributed by atoms with Gasteiger partial charge in [0.2, 0.25) is 5.91 Å². The molecule has 0 aliphatic heterocycles. The van der Waals surface area contributed by atoms with E-state index in [1.54, 1.807) is 6.08 Å². The van der Waals surface area contributed by atoms with Gasteiger partial charge in [-0.15, -0.1) is 0 Å². The monoisotopic (exact) mass is 1260 g/mol. The van der Waals surface area contributed by atoms with Gasteiger partial charge < -0.3 is 19.8 Å². The maximum Gasteiger partial charge on any atom is 0.472 e. The topological polar surface area (TPSA) is 105 Å². The molecule has 0 aromatic rings. The minimum Gasteiger partial charge on any atom is -0.387 e. The van der Waals surface area contributed by atoms with Crippen LogP contribution in [0, 0.1) is 0 Å². The number of hydrogen-bond acceptors (Lipinski definition) is 5. The summed E-state index contributed by atoms with van der Waals surface area (Å²) >= 11 is 0. The van der Waals surface area contributed by atoms with E-state index in [4.69, 9.17) is 9.05 Å². The fourth-order valence-corrected chi connectivity index (χ4v) is 10.9. The molecule has 0 aromatic carbocycles. The van der Waals surface area contributed by atoms with E-state index in [1.807, 2.05) is 27.2 Å². The number of allylic oxidation sites excluding steroid dienone is 23. The number of carbonyl (C=O) groups excluding carboxylic acids is 1. The van der Waals surface area contributed by atoms with Crippen LogP contribution in [0.3, 0.4) is 0 Å². The second-order valence-electron chi connectivity index (χ2n) is 25.6. The van der Waals surface area contributed by atoms with Crippen LogP contribution in [0.5, 0.6) is 0 Å². The molecule has 0 spiro atoms. The van der Waals surface area contributed by atoms with Crippen molar-refractivity contribution < 1.29 is 32.9 Å². The molecule has 0 radical (unpaired) electrons. The van der Waals surface area contributed by atoms with Crippen LogP contribution in [0.2, 0.25) is 0 Å². The van der Waals surface area contributed by atoms with Crippen molar-refractivity contribution in [3.05, 3.63) is 146 Å². The summed E-state index contributed by atoms with van der Waals surface area (Å²) in [5.41, 5.74) is 0. The Bertz CT molecular complexity index is 1960. The lowest BCUT2D eigenvalue weighted by Crippen LogP contribution is -2.45. The van der Waals surface area contributed by atoms with Gasteiger partial charge in [-0.1, -0.05) is 327 Å². The number of quaternary nitrogens is 1. The van der Waals surface area contributed by atoms with Crippen LogP contribution in [-0.2, 0) is 18.4 Å². The lowest BCUT2D eigenvalue weighted by atomic mass is 10.0. The van der Waals surface area contributed by atoms with Crippen LogP contribution in [0.1, 0.15) is 303 Å². The molecule has 89 heavy (non-hydrogen) atoms. The summed E-state index contributed by atoms with van der Waals surface area (Å²) in [6, 6.07) is -0.890. The Labute approximate surface area is 550 Å². The van der Waals surface area contributed by atoms with Gasteiger partial charge in [0, 0.05) is 6.42 Å². The highest BCUT2D eigenvalue weighted by atomic mass is 31.2. The number of carbonyl (C=O) groups is 1. The third-order valence-corrected chi connectivity index (χ3v) is 16.8. The van der Waals surface area contributed by atoms with E-state index >= 15 is 0 Å². The summed E-state index contributed by atoms with van der Waals surface area (Å²) in [6.07, 6.45) is 106. The van der Waals surface area contributed by atoms with Crippen molar-refractivity contribution in [2.75, 3.05) is 40.9 Å². The minimum atomic E-state index is -4.38. The molecule has 0 rings (SSSR count). The number of rotatable bonds is 66. The highest BCUT2D eigenvalue weighted by Gasteiger charge is 2.28. The minimum absolute atomic E-state index is 0.0436. The van der Waals surface area contributed by atoms with Gasteiger partial charge in [0.1, 0.15) is 13.2 Å². The van der Waals surface area contributed by atoms with Gasteiger partial charge in [-0.25, -0.2) is 4.57 Å². The molecule has 3 unspecified atom stereocenters. The number of aliphatic hydroxyl groups excluding tert-OH is 1. The Morgan fingerprint density at radius 1 is 0.393 bits per heavy atom. The predicted octanol–water partition coefficient (Wildman–Crippen LogP) is 23.9. The molecule has 0 aromatic heterocycles. The predicted molar refractivity (Wildman–Crippen MR) is 391 cm³/mol. The number of amides is 1. The first-order valence-corrected chi connectivity index (χ1v) is 38.2. The Morgan fingerprint density at radius 3 is 1.03 bits per heavy atom. The number of aliphatic hydroxyl groups is 1. The zero-order valence-corrected chi connectivity index (χ0v) is 59.3. The van der Waals surface area contributed by atoms with Gasteiger partial charge in [0.15, 0.2) is 0 Å². The normalized spacial score (nSPS) is 14.5. The summed E-state index contributed by atoms with van der Waals surface area (Å²) in [5, 5.41) is 14.0. The van der Waals surface area contributed by atoms with Crippen LogP contribution in [0.4, 0.5) is 0 Å². The molecule has 0 aliphatic rings. The molecule has 0 saturated heterocycles.